The Kier molecular flexibility index (Phi) is 8.42. The number of ether oxygens (including phenoxy) is 3. The highest BCUT2D eigenvalue weighted by molar-refractivity contribution is 7.89. The molecule has 0 spiro atoms. The lowest BCUT2D eigenvalue weighted by Crippen LogP contribution is -2.40. The summed E-state index contributed by atoms with van der Waals surface area (Å²) in [4.78, 5) is 16.6. The van der Waals surface area contributed by atoms with Crippen LogP contribution in [0.2, 0.25) is 0 Å². The molecule has 1 fully saturated rings. The number of nitrogens with two attached hydrogens (primary N) is 1. The highest BCUT2D eigenvalue weighted by atomic mass is 32.2. The molecule has 1 aliphatic rings. The van der Waals surface area contributed by atoms with Gasteiger partial charge in [0.2, 0.25) is 21.8 Å². The van der Waals surface area contributed by atoms with Crippen molar-refractivity contribution in [1.29, 1.82) is 0 Å². The standard InChI is InChI=1S/C26H33N5O6S2/c1-26(2,3)31-39(33,34)21-12-16(19-13-22(35-4)29-30-23(19)36-5)8-11-18(21)20-14-28-24(38-20)15-6-9-17(10-7-15)37-25(27)32/h8,11-15,17,31H,6-7,9-10H2,1-5H3,(H2,27,32). The van der Waals surface area contributed by atoms with Crippen molar-refractivity contribution in [3.8, 4) is 33.3 Å². The second-order valence-electron chi connectivity index (χ2n) is 10.3. The first kappa shape index (κ1) is 28.7. The van der Waals surface area contributed by atoms with Gasteiger partial charge in [-0.15, -0.1) is 21.5 Å². The Bertz CT molecular complexity index is 1440. The molecule has 2 heterocycles. The van der Waals surface area contributed by atoms with Crippen LogP contribution >= 0.6 is 11.3 Å². The van der Waals surface area contributed by atoms with Crippen LogP contribution in [0.15, 0.2) is 35.4 Å². The van der Waals surface area contributed by atoms with Crippen LogP contribution in [0.3, 0.4) is 0 Å². The van der Waals surface area contributed by atoms with Gasteiger partial charge in [-0.25, -0.2) is 22.9 Å². The first-order valence-corrected chi connectivity index (χ1v) is 14.8. The van der Waals surface area contributed by atoms with Crippen LogP contribution in [0, 0.1) is 0 Å². The summed E-state index contributed by atoms with van der Waals surface area (Å²) in [6.45, 7) is 5.37. The molecular formula is C26H33N5O6S2. The Hall–Kier alpha value is -3.29. The molecule has 1 saturated carbocycles. The molecule has 39 heavy (non-hydrogen) atoms. The number of hydrogen-bond donors (Lipinski definition) is 2. The Balaban J connectivity index is 1.74. The van der Waals surface area contributed by atoms with E-state index < -0.39 is 21.7 Å². The number of rotatable bonds is 8. The minimum atomic E-state index is -3.94. The fourth-order valence-electron chi connectivity index (χ4n) is 4.59. The van der Waals surface area contributed by atoms with Crippen molar-refractivity contribution >= 4 is 27.5 Å². The molecule has 1 aliphatic carbocycles. The zero-order valence-electron chi connectivity index (χ0n) is 22.6. The number of methoxy groups -OCH3 is 2. The minimum absolute atomic E-state index is 0.113. The number of aromatic nitrogens is 3. The number of nitrogens with zero attached hydrogens (tertiary/aromatic N) is 3. The number of carbonyl (C=O) groups excluding carboxylic acids is 1. The quantitative estimate of drug-likeness (QED) is 0.395. The Labute approximate surface area is 232 Å². The van der Waals surface area contributed by atoms with E-state index in [2.05, 4.69) is 19.9 Å². The number of sulfonamides is 1. The van der Waals surface area contributed by atoms with Crippen LogP contribution in [0.4, 0.5) is 4.79 Å². The van der Waals surface area contributed by atoms with Gasteiger partial charge in [0.25, 0.3) is 0 Å². The van der Waals surface area contributed by atoms with Gasteiger partial charge in [-0.3, -0.25) is 0 Å². The Morgan fingerprint density at radius 3 is 2.38 bits per heavy atom. The maximum Gasteiger partial charge on any atom is 0.404 e. The van der Waals surface area contributed by atoms with Gasteiger partial charge < -0.3 is 19.9 Å². The number of primary amides is 1. The zero-order chi connectivity index (χ0) is 28.4. The molecule has 2 aromatic heterocycles. The minimum Gasteiger partial charge on any atom is -0.480 e. The van der Waals surface area contributed by atoms with Crippen LogP contribution < -0.4 is 19.9 Å². The molecule has 1 amide bonds. The van der Waals surface area contributed by atoms with E-state index in [0.29, 0.717) is 29.5 Å². The Morgan fingerprint density at radius 2 is 1.77 bits per heavy atom. The van der Waals surface area contributed by atoms with E-state index in [1.807, 2.05) is 6.07 Å². The van der Waals surface area contributed by atoms with Gasteiger partial charge in [0.15, 0.2) is 0 Å². The monoisotopic (exact) mass is 575 g/mol. The normalized spacial score (nSPS) is 18.0. The second kappa shape index (κ2) is 11.4. The summed E-state index contributed by atoms with van der Waals surface area (Å²) in [5, 5.41) is 8.91. The average Bonchev–Trinajstić information content (AvgIpc) is 3.37. The number of thiazole rings is 1. The third-order valence-corrected chi connectivity index (χ3v) is 9.25. The zero-order valence-corrected chi connectivity index (χ0v) is 24.2. The summed E-state index contributed by atoms with van der Waals surface area (Å²) in [5.41, 5.74) is 6.12. The molecule has 11 nitrogen and oxygen atoms in total. The molecule has 0 atom stereocenters. The molecule has 0 unspecified atom stereocenters. The van der Waals surface area contributed by atoms with Crippen molar-refractivity contribution in [3.63, 3.8) is 0 Å². The third-order valence-electron chi connectivity index (χ3n) is 6.26. The SMILES string of the molecule is COc1cc(-c2ccc(-c3cnc(C4CCC(OC(N)=O)CC4)s3)c(S(=O)(=O)NC(C)(C)C)c2)c(OC)nn1. The van der Waals surface area contributed by atoms with E-state index in [1.54, 1.807) is 45.2 Å². The number of nitrogens with one attached hydrogen (secondary N) is 1. The smallest absolute Gasteiger partial charge is 0.404 e. The summed E-state index contributed by atoms with van der Waals surface area (Å²) in [5.74, 6) is 0.713. The Morgan fingerprint density at radius 1 is 1.05 bits per heavy atom. The van der Waals surface area contributed by atoms with Gasteiger partial charge in [-0.2, -0.15) is 0 Å². The van der Waals surface area contributed by atoms with E-state index in [0.717, 1.165) is 22.7 Å². The van der Waals surface area contributed by atoms with Crippen molar-refractivity contribution in [3.05, 3.63) is 35.5 Å². The van der Waals surface area contributed by atoms with Crippen LogP contribution in [0.5, 0.6) is 11.8 Å². The van der Waals surface area contributed by atoms with Crippen LogP contribution in [0.25, 0.3) is 21.6 Å². The number of carbonyl (C=O) groups is 1. The first-order valence-electron chi connectivity index (χ1n) is 12.5. The first-order chi connectivity index (χ1) is 18.4. The number of amides is 1. The lowest BCUT2D eigenvalue weighted by Gasteiger charge is -2.26. The van der Waals surface area contributed by atoms with E-state index in [-0.39, 0.29) is 28.7 Å². The topological polar surface area (TPSA) is 156 Å². The number of hydrogen-bond acceptors (Lipinski definition) is 10. The van der Waals surface area contributed by atoms with Crippen LogP contribution in [-0.2, 0) is 14.8 Å². The lowest BCUT2D eigenvalue weighted by atomic mass is 9.88. The van der Waals surface area contributed by atoms with Crippen molar-refractivity contribution in [1.82, 2.24) is 19.9 Å². The van der Waals surface area contributed by atoms with Gasteiger partial charge in [0, 0.05) is 29.3 Å². The summed E-state index contributed by atoms with van der Waals surface area (Å²) in [6.07, 6.45) is 3.80. The van der Waals surface area contributed by atoms with E-state index in [9.17, 15) is 13.2 Å². The average molecular weight is 576 g/mol. The fourth-order valence-corrected chi connectivity index (χ4v) is 7.44. The molecule has 13 heteroatoms. The molecule has 0 radical (unpaired) electrons. The number of benzene rings is 1. The summed E-state index contributed by atoms with van der Waals surface area (Å²) < 4.78 is 45.9. The molecule has 4 rings (SSSR count). The highest BCUT2D eigenvalue weighted by Crippen LogP contribution is 2.41. The lowest BCUT2D eigenvalue weighted by molar-refractivity contribution is 0.0787. The molecule has 0 saturated heterocycles. The van der Waals surface area contributed by atoms with Crippen LogP contribution in [-0.4, -0.2) is 55.6 Å². The second-order valence-corrected chi connectivity index (χ2v) is 13.1. The summed E-state index contributed by atoms with van der Waals surface area (Å²) in [7, 11) is -0.987. The third kappa shape index (κ3) is 6.84. The maximum absolute atomic E-state index is 13.7. The van der Waals surface area contributed by atoms with Crippen molar-refractivity contribution in [2.75, 3.05) is 14.2 Å². The maximum atomic E-state index is 13.7. The molecule has 210 valence electrons. The van der Waals surface area contributed by atoms with Gasteiger partial charge in [0.05, 0.1) is 34.6 Å². The molecule has 3 aromatic rings. The summed E-state index contributed by atoms with van der Waals surface area (Å²) >= 11 is 1.47. The van der Waals surface area contributed by atoms with E-state index in [4.69, 9.17) is 19.9 Å². The van der Waals surface area contributed by atoms with Gasteiger partial charge >= 0.3 is 6.09 Å². The van der Waals surface area contributed by atoms with E-state index in [1.165, 1.54) is 25.6 Å². The van der Waals surface area contributed by atoms with Crippen molar-refractivity contribution in [2.45, 2.75) is 68.9 Å². The molecule has 3 N–H and O–H groups in total. The predicted octanol–water partition coefficient (Wildman–Crippen LogP) is 4.48. The van der Waals surface area contributed by atoms with Crippen molar-refractivity contribution in [2.24, 2.45) is 5.73 Å². The van der Waals surface area contributed by atoms with Gasteiger partial charge in [-0.1, -0.05) is 12.1 Å². The van der Waals surface area contributed by atoms with Gasteiger partial charge in [0.1, 0.15) is 6.10 Å². The molecule has 1 aromatic carbocycles. The fraction of sp³-hybridized carbons (Fsp3) is 0.462. The predicted molar refractivity (Wildman–Crippen MR) is 147 cm³/mol. The van der Waals surface area contributed by atoms with E-state index >= 15 is 0 Å². The summed E-state index contributed by atoms with van der Waals surface area (Å²) in [6, 6.07) is 6.84. The van der Waals surface area contributed by atoms with Crippen LogP contribution in [0.1, 0.15) is 57.4 Å². The molecular weight excluding hydrogens is 542 g/mol. The van der Waals surface area contributed by atoms with Crippen molar-refractivity contribution < 1.29 is 27.4 Å². The highest BCUT2D eigenvalue weighted by Gasteiger charge is 2.29. The largest absolute Gasteiger partial charge is 0.480 e. The molecule has 0 bridgehead atoms. The van der Waals surface area contributed by atoms with Gasteiger partial charge in [-0.05, 0) is 58.1 Å². The molecule has 0 aliphatic heterocycles.